The average molecular weight is 377 g/mol. The van der Waals surface area contributed by atoms with Crippen LogP contribution in [0.4, 0.5) is 5.69 Å². The summed E-state index contributed by atoms with van der Waals surface area (Å²) in [4.78, 5) is 29.1. The van der Waals surface area contributed by atoms with E-state index in [1.807, 2.05) is 36.4 Å². The average Bonchev–Trinajstić information content (AvgIpc) is 3.21. The maximum Gasteiger partial charge on any atom is 0.261 e. The molecular formula is C22H23N3O3. The summed E-state index contributed by atoms with van der Waals surface area (Å²) in [6.45, 7) is 0.279. The van der Waals surface area contributed by atoms with Gasteiger partial charge in [-0.3, -0.25) is 14.2 Å². The molecule has 1 aliphatic rings. The van der Waals surface area contributed by atoms with Crippen molar-refractivity contribution in [2.75, 3.05) is 5.32 Å². The molecule has 3 aromatic rings. The van der Waals surface area contributed by atoms with Crippen molar-refractivity contribution in [3.63, 3.8) is 0 Å². The van der Waals surface area contributed by atoms with Crippen LogP contribution in [0.15, 0.2) is 59.7 Å². The first-order chi connectivity index (χ1) is 13.7. The first kappa shape index (κ1) is 18.2. The molecule has 0 unspecified atom stereocenters. The maximum absolute atomic E-state index is 12.5. The second-order valence-electron chi connectivity index (χ2n) is 7.11. The second kappa shape index (κ2) is 8.25. The van der Waals surface area contributed by atoms with E-state index in [1.54, 1.807) is 12.1 Å². The summed E-state index contributed by atoms with van der Waals surface area (Å²) in [7, 11) is 0. The van der Waals surface area contributed by atoms with E-state index < -0.39 is 0 Å². The van der Waals surface area contributed by atoms with Crippen molar-refractivity contribution in [1.29, 1.82) is 0 Å². The van der Waals surface area contributed by atoms with Crippen molar-refractivity contribution in [3.05, 3.63) is 65.2 Å². The Bertz CT molecular complexity index is 1040. The summed E-state index contributed by atoms with van der Waals surface area (Å²) in [5.74, 6) is 0.623. The molecule has 28 heavy (non-hydrogen) atoms. The summed E-state index contributed by atoms with van der Waals surface area (Å²) >= 11 is 0. The molecule has 1 saturated carbocycles. The molecule has 1 aromatic heterocycles. The van der Waals surface area contributed by atoms with E-state index in [1.165, 1.54) is 23.7 Å². The predicted molar refractivity (Wildman–Crippen MR) is 109 cm³/mol. The molecule has 0 spiro atoms. The Morgan fingerprint density at radius 3 is 2.82 bits per heavy atom. The molecule has 1 fully saturated rings. The van der Waals surface area contributed by atoms with E-state index in [-0.39, 0.29) is 30.5 Å². The van der Waals surface area contributed by atoms with Gasteiger partial charge in [-0.15, -0.1) is 0 Å². The molecule has 144 valence electrons. The number of benzene rings is 2. The summed E-state index contributed by atoms with van der Waals surface area (Å²) in [5.41, 5.74) is 1.22. The van der Waals surface area contributed by atoms with Crippen LogP contribution in [-0.2, 0) is 11.3 Å². The van der Waals surface area contributed by atoms with Gasteiger partial charge in [-0.25, -0.2) is 4.98 Å². The first-order valence-electron chi connectivity index (χ1n) is 9.70. The Labute approximate surface area is 163 Å². The van der Waals surface area contributed by atoms with Crippen LogP contribution in [-0.4, -0.2) is 21.6 Å². The van der Waals surface area contributed by atoms with Gasteiger partial charge in [0.25, 0.3) is 5.56 Å². The standard InChI is InChI=1S/C22H23N3O3/c26-21(12-13-25-15-23-20-11-4-3-10-19(20)22(25)27)24-16-6-5-9-18(14-16)28-17-7-1-2-8-17/h3-6,9-11,14-15,17H,1-2,7-8,12-13H2,(H,24,26). The quantitative estimate of drug-likeness (QED) is 0.710. The number of carbonyl (C=O) groups is 1. The summed E-state index contributed by atoms with van der Waals surface area (Å²) in [5, 5.41) is 3.44. The lowest BCUT2D eigenvalue weighted by Crippen LogP contribution is -2.23. The Hall–Kier alpha value is -3.15. The molecule has 1 amide bonds. The number of hydrogen-bond donors (Lipinski definition) is 1. The van der Waals surface area contributed by atoms with Gasteiger partial charge in [0, 0.05) is 24.7 Å². The molecule has 0 saturated heterocycles. The third kappa shape index (κ3) is 4.22. The fourth-order valence-corrected chi connectivity index (χ4v) is 3.56. The van der Waals surface area contributed by atoms with Crippen molar-refractivity contribution < 1.29 is 9.53 Å². The molecular weight excluding hydrogens is 354 g/mol. The molecule has 1 heterocycles. The Morgan fingerprint density at radius 1 is 1.14 bits per heavy atom. The van der Waals surface area contributed by atoms with E-state index in [2.05, 4.69) is 10.3 Å². The minimum atomic E-state index is -0.155. The number of ether oxygens (including phenoxy) is 1. The van der Waals surface area contributed by atoms with Gasteiger partial charge in [0.05, 0.1) is 23.3 Å². The van der Waals surface area contributed by atoms with Crippen molar-refractivity contribution in [2.45, 2.75) is 44.8 Å². The largest absolute Gasteiger partial charge is 0.490 e. The van der Waals surface area contributed by atoms with Crippen LogP contribution >= 0.6 is 0 Å². The number of amides is 1. The van der Waals surface area contributed by atoms with Crippen molar-refractivity contribution in [3.8, 4) is 5.75 Å². The molecule has 0 atom stereocenters. The number of anilines is 1. The number of aryl methyl sites for hydroxylation is 1. The predicted octanol–water partition coefficient (Wildman–Crippen LogP) is 3.75. The fraction of sp³-hybridized carbons (Fsp3) is 0.318. The van der Waals surface area contributed by atoms with Crippen LogP contribution < -0.4 is 15.6 Å². The van der Waals surface area contributed by atoms with Crippen LogP contribution in [0.2, 0.25) is 0 Å². The molecule has 2 aromatic carbocycles. The van der Waals surface area contributed by atoms with Crippen molar-refractivity contribution in [2.24, 2.45) is 0 Å². The minimum Gasteiger partial charge on any atom is -0.490 e. The molecule has 6 heteroatoms. The zero-order chi connectivity index (χ0) is 19.3. The lowest BCUT2D eigenvalue weighted by atomic mass is 10.2. The lowest BCUT2D eigenvalue weighted by Gasteiger charge is -2.14. The van der Waals surface area contributed by atoms with Crippen molar-refractivity contribution >= 4 is 22.5 Å². The van der Waals surface area contributed by atoms with Gasteiger partial charge in [-0.2, -0.15) is 0 Å². The van der Waals surface area contributed by atoms with Crippen LogP contribution in [0.1, 0.15) is 32.1 Å². The molecule has 6 nitrogen and oxygen atoms in total. The third-order valence-electron chi connectivity index (χ3n) is 5.03. The number of para-hydroxylation sites is 1. The highest BCUT2D eigenvalue weighted by molar-refractivity contribution is 5.90. The Kier molecular flexibility index (Phi) is 5.37. The van der Waals surface area contributed by atoms with E-state index in [4.69, 9.17) is 4.74 Å². The molecule has 1 aliphatic carbocycles. The first-order valence-corrected chi connectivity index (χ1v) is 9.70. The van der Waals surface area contributed by atoms with E-state index in [9.17, 15) is 9.59 Å². The van der Waals surface area contributed by atoms with Gasteiger partial charge in [0.2, 0.25) is 5.91 Å². The number of hydrogen-bond acceptors (Lipinski definition) is 4. The zero-order valence-corrected chi connectivity index (χ0v) is 15.6. The summed E-state index contributed by atoms with van der Waals surface area (Å²) in [6, 6.07) is 14.7. The highest BCUT2D eigenvalue weighted by atomic mass is 16.5. The Balaban J connectivity index is 1.37. The van der Waals surface area contributed by atoms with Crippen molar-refractivity contribution in [1.82, 2.24) is 9.55 Å². The maximum atomic E-state index is 12.5. The highest BCUT2D eigenvalue weighted by Crippen LogP contribution is 2.25. The van der Waals surface area contributed by atoms with Crippen LogP contribution in [0.3, 0.4) is 0 Å². The van der Waals surface area contributed by atoms with Crippen LogP contribution in [0.5, 0.6) is 5.75 Å². The number of carbonyl (C=O) groups excluding carboxylic acids is 1. The number of nitrogens with one attached hydrogen (secondary N) is 1. The van der Waals surface area contributed by atoms with Gasteiger partial charge < -0.3 is 10.1 Å². The van der Waals surface area contributed by atoms with Gasteiger partial charge in [0.1, 0.15) is 5.75 Å². The van der Waals surface area contributed by atoms with Gasteiger partial charge in [-0.1, -0.05) is 18.2 Å². The smallest absolute Gasteiger partial charge is 0.261 e. The normalized spacial score (nSPS) is 14.3. The monoisotopic (exact) mass is 377 g/mol. The minimum absolute atomic E-state index is 0.134. The lowest BCUT2D eigenvalue weighted by molar-refractivity contribution is -0.116. The number of fused-ring (bicyclic) bond motifs is 1. The van der Waals surface area contributed by atoms with Crippen LogP contribution in [0.25, 0.3) is 10.9 Å². The topological polar surface area (TPSA) is 73.2 Å². The van der Waals surface area contributed by atoms with E-state index >= 15 is 0 Å². The Morgan fingerprint density at radius 2 is 1.96 bits per heavy atom. The molecule has 0 radical (unpaired) electrons. The highest BCUT2D eigenvalue weighted by Gasteiger charge is 2.16. The number of rotatable bonds is 6. The van der Waals surface area contributed by atoms with Gasteiger partial charge in [-0.05, 0) is 49.9 Å². The van der Waals surface area contributed by atoms with Crippen LogP contribution in [0, 0.1) is 0 Å². The summed E-state index contributed by atoms with van der Waals surface area (Å²) < 4.78 is 7.45. The molecule has 0 aliphatic heterocycles. The summed E-state index contributed by atoms with van der Waals surface area (Å²) in [6.07, 6.45) is 6.56. The van der Waals surface area contributed by atoms with Gasteiger partial charge >= 0.3 is 0 Å². The second-order valence-corrected chi connectivity index (χ2v) is 7.11. The molecule has 4 rings (SSSR count). The number of nitrogens with zero attached hydrogens (tertiary/aromatic N) is 2. The number of aromatic nitrogens is 2. The molecule has 1 N–H and O–H groups in total. The zero-order valence-electron chi connectivity index (χ0n) is 15.6. The SMILES string of the molecule is O=C(CCn1cnc2ccccc2c1=O)Nc1cccc(OC2CCCC2)c1. The van der Waals surface area contributed by atoms with E-state index in [0.717, 1.165) is 18.6 Å². The van der Waals surface area contributed by atoms with E-state index in [0.29, 0.717) is 16.6 Å². The molecule has 0 bridgehead atoms. The van der Waals surface area contributed by atoms with Gasteiger partial charge in [0.15, 0.2) is 0 Å². The fourth-order valence-electron chi connectivity index (χ4n) is 3.56. The third-order valence-corrected chi connectivity index (χ3v) is 5.03.